The molecule has 10 heavy (non-hydrogen) atoms. The zero-order valence-electron chi connectivity index (χ0n) is 6.95. The van der Waals surface area contributed by atoms with E-state index in [1.54, 1.807) is 12.1 Å². The Morgan fingerprint density at radius 2 is 1.70 bits per heavy atom. The maximum Gasteiger partial charge on any atom is 1.00 e. The third-order valence-electron chi connectivity index (χ3n) is 0.936. The van der Waals surface area contributed by atoms with Crippen LogP contribution in [0.5, 0.6) is 0 Å². The van der Waals surface area contributed by atoms with Crippen molar-refractivity contribution in [2.45, 2.75) is 0 Å². The first-order chi connectivity index (χ1) is 3.93. The molecule has 1 nitrogen and oxygen atoms in total. The molecule has 0 N–H and O–H groups in total. The first kappa shape index (κ1) is 12.6. The van der Waals surface area contributed by atoms with Gasteiger partial charge in [-0.15, -0.1) is 0 Å². The monoisotopic (exact) mass is 141 g/mol. The number of hydrogen-bond donors (Lipinski definition) is 0. The minimum Gasteiger partial charge on any atom is -1.00 e. The van der Waals surface area contributed by atoms with E-state index in [9.17, 15) is 4.79 Å². The van der Waals surface area contributed by atoms with E-state index in [4.69, 9.17) is 0 Å². The van der Waals surface area contributed by atoms with E-state index in [2.05, 4.69) is 0 Å². The Kier molecular flexibility index (Phi) is 8.91. The molecular formula is C7H7BNaO. The third-order valence-corrected chi connectivity index (χ3v) is 0.936. The van der Waals surface area contributed by atoms with Gasteiger partial charge in [0.2, 0.25) is 0 Å². The standard InChI is InChI=1S/C7H6O.B.Na.H/c8-6-7-4-2-1-3-5-7;;;/h1-6H;;;/q;;+1;-1. The van der Waals surface area contributed by atoms with Crippen LogP contribution in [0.15, 0.2) is 30.3 Å². The second-order valence-electron chi connectivity index (χ2n) is 1.53. The molecule has 0 bridgehead atoms. The second kappa shape index (κ2) is 7.07. The fourth-order valence-corrected chi connectivity index (χ4v) is 0.532. The topological polar surface area (TPSA) is 17.1 Å². The molecule has 3 heteroatoms. The quantitative estimate of drug-likeness (QED) is 0.334. The zero-order chi connectivity index (χ0) is 5.82. The Balaban J connectivity index is -0.000000213. The van der Waals surface area contributed by atoms with Gasteiger partial charge in [-0.3, -0.25) is 4.79 Å². The van der Waals surface area contributed by atoms with E-state index in [0.29, 0.717) is 0 Å². The van der Waals surface area contributed by atoms with Crippen LogP contribution in [-0.4, -0.2) is 14.7 Å². The molecule has 1 aromatic carbocycles. The summed E-state index contributed by atoms with van der Waals surface area (Å²) in [4.78, 5) is 10.0. The van der Waals surface area contributed by atoms with E-state index in [1.165, 1.54) is 0 Å². The van der Waals surface area contributed by atoms with Crippen LogP contribution in [0, 0.1) is 0 Å². The van der Waals surface area contributed by atoms with Crippen LogP contribution in [0.25, 0.3) is 0 Å². The summed E-state index contributed by atoms with van der Waals surface area (Å²) in [6, 6.07) is 9.10. The van der Waals surface area contributed by atoms with Crippen molar-refractivity contribution in [3.63, 3.8) is 0 Å². The summed E-state index contributed by atoms with van der Waals surface area (Å²) in [5.41, 5.74) is 0.729. The Morgan fingerprint density at radius 3 is 2.00 bits per heavy atom. The first-order valence-corrected chi connectivity index (χ1v) is 2.44. The molecule has 1 aromatic rings. The first-order valence-electron chi connectivity index (χ1n) is 2.44. The van der Waals surface area contributed by atoms with Gasteiger partial charge in [-0.05, 0) is 0 Å². The van der Waals surface area contributed by atoms with Crippen LogP contribution in [0.1, 0.15) is 11.8 Å². The maximum atomic E-state index is 10.0. The van der Waals surface area contributed by atoms with Crippen molar-refractivity contribution in [1.82, 2.24) is 0 Å². The Morgan fingerprint density at radius 1 is 1.20 bits per heavy atom. The molecule has 45 valence electrons. The predicted octanol–water partition coefficient (Wildman–Crippen LogP) is -1.77. The summed E-state index contributed by atoms with van der Waals surface area (Å²) in [5, 5.41) is 0. The minimum absolute atomic E-state index is 0. The van der Waals surface area contributed by atoms with Gasteiger partial charge in [0.05, 0.1) is 0 Å². The van der Waals surface area contributed by atoms with Crippen LogP contribution in [0.3, 0.4) is 0 Å². The van der Waals surface area contributed by atoms with Crippen molar-refractivity contribution in [1.29, 1.82) is 0 Å². The maximum absolute atomic E-state index is 10.0. The van der Waals surface area contributed by atoms with Gasteiger partial charge in [-0.25, -0.2) is 0 Å². The van der Waals surface area contributed by atoms with Gasteiger partial charge >= 0.3 is 29.6 Å². The van der Waals surface area contributed by atoms with Crippen LogP contribution in [0.4, 0.5) is 0 Å². The summed E-state index contributed by atoms with van der Waals surface area (Å²) in [5.74, 6) is 0. The van der Waals surface area contributed by atoms with Gasteiger partial charge in [0, 0.05) is 14.0 Å². The molecule has 3 radical (unpaired) electrons. The molecular weight excluding hydrogens is 134 g/mol. The largest absolute Gasteiger partial charge is 1.00 e. The number of rotatable bonds is 1. The summed E-state index contributed by atoms with van der Waals surface area (Å²) in [6.07, 6.45) is 0.833. The molecule has 0 saturated heterocycles. The number of carbonyl (C=O) groups excluding carboxylic acids is 1. The molecule has 1 rings (SSSR count). The number of aldehydes is 1. The summed E-state index contributed by atoms with van der Waals surface area (Å²) >= 11 is 0. The van der Waals surface area contributed by atoms with Crippen molar-refractivity contribution < 1.29 is 35.8 Å². The average molecular weight is 141 g/mol. The number of benzene rings is 1. The molecule has 0 spiro atoms. The molecule has 0 heterocycles. The summed E-state index contributed by atoms with van der Waals surface area (Å²) in [7, 11) is 0. The van der Waals surface area contributed by atoms with E-state index in [-0.39, 0.29) is 39.4 Å². The van der Waals surface area contributed by atoms with Gasteiger partial charge in [-0.1, -0.05) is 30.3 Å². The Labute approximate surface area is 86.2 Å². The Bertz CT molecular complexity index is 181. The van der Waals surface area contributed by atoms with Gasteiger partial charge in [0.1, 0.15) is 6.29 Å². The van der Waals surface area contributed by atoms with E-state index in [1.807, 2.05) is 18.2 Å². The molecule has 0 atom stereocenters. The molecule has 0 fully saturated rings. The van der Waals surface area contributed by atoms with Crippen molar-refractivity contribution in [3.05, 3.63) is 35.9 Å². The molecule has 0 aliphatic carbocycles. The SMILES string of the molecule is O=Cc1ccccc1.[B].[H-].[Na+]. The van der Waals surface area contributed by atoms with Crippen LogP contribution >= 0.6 is 0 Å². The smallest absolute Gasteiger partial charge is 1.00 e. The van der Waals surface area contributed by atoms with Gasteiger partial charge < -0.3 is 1.43 Å². The van der Waals surface area contributed by atoms with E-state index < -0.39 is 0 Å². The summed E-state index contributed by atoms with van der Waals surface area (Å²) in [6.45, 7) is 0. The van der Waals surface area contributed by atoms with Gasteiger partial charge in [0.15, 0.2) is 0 Å². The van der Waals surface area contributed by atoms with Crippen LogP contribution < -0.4 is 29.6 Å². The van der Waals surface area contributed by atoms with Gasteiger partial charge in [-0.2, -0.15) is 0 Å². The molecule has 0 aliphatic heterocycles. The molecule has 0 aromatic heterocycles. The fourth-order valence-electron chi connectivity index (χ4n) is 0.532. The van der Waals surface area contributed by atoms with Crippen LogP contribution in [0.2, 0.25) is 0 Å². The van der Waals surface area contributed by atoms with Crippen molar-refractivity contribution >= 4 is 14.7 Å². The normalized spacial score (nSPS) is 6.80. The molecule has 0 aliphatic rings. The number of hydrogen-bond acceptors (Lipinski definition) is 1. The van der Waals surface area contributed by atoms with Crippen molar-refractivity contribution in [3.8, 4) is 0 Å². The fraction of sp³-hybridized carbons (Fsp3) is 0. The molecule has 0 amide bonds. The average Bonchev–Trinajstić information content (AvgIpc) is 1.90. The van der Waals surface area contributed by atoms with E-state index >= 15 is 0 Å². The van der Waals surface area contributed by atoms with Crippen molar-refractivity contribution in [2.75, 3.05) is 0 Å². The second-order valence-corrected chi connectivity index (χ2v) is 1.53. The predicted molar refractivity (Wildman–Crippen MR) is 38.7 cm³/mol. The molecule has 0 unspecified atom stereocenters. The minimum atomic E-state index is 0. The Hall–Kier alpha value is -0.0451. The number of carbonyl (C=O) groups is 1. The van der Waals surface area contributed by atoms with Crippen LogP contribution in [-0.2, 0) is 0 Å². The third kappa shape index (κ3) is 3.88. The zero-order valence-corrected chi connectivity index (χ0v) is 7.95. The molecule has 0 saturated carbocycles. The summed E-state index contributed by atoms with van der Waals surface area (Å²) < 4.78 is 0. The van der Waals surface area contributed by atoms with Crippen molar-refractivity contribution in [2.24, 2.45) is 0 Å². The van der Waals surface area contributed by atoms with Gasteiger partial charge in [0.25, 0.3) is 0 Å². The van der Waals surface area contributed by atoms with E-state index in [0.717, 1.165) is 11.8 Å².